The summed E-state index contributed by atoms with van der Waals surface area (Å²) in [7, 11) is 0. The summed E-state index contributed by atoms with van der Waals surface area (Å²) in [5.74, 6) is 0.731. The number of ether oxygens (including phenoxy) is 2. The minimum absolute atomic E-state index is 0.187. The third-order valence-corrected chi connectivity index (χ3v) is 5.95. The van der Waals surface area contributed by atoms with Gasteiger partial charge in [0.05, 0.1) is 13.2 Å². The predicted octanol–water partition coefficient (Wildman–Crippen LogP) is 4.37. The second-order valence-electron chi connectivity index (χ2n) is 9.66. The first kappa shape index (κ1) is 24.4. The summed E-state index contributed by atoms with van der Waals surface area (Å²) in [6.45, 7) is 8.54. The molecule has 10 nitrogen and oxygen atoms in total. The molecule has 10 heteroatoms. The van der Waals surface area contributed by atoms with Gasteiger partial charge in [-0.15, -0.1) is 0 Å². The lowest BCUT2D eigenvalue weighted by Crippen LogP contribution is -2.37. The molecule has 0 atom stereocenters. The van der Waals surface area contributed by atoms with Crippen LogP contribution in [0.15, 0.2) is 59.3 Å². The Balaban J connectivity index is 1.38. The number of nitrogens with one attached hydrogen (secondary N) is 1. The van der Waals surface area contributed by atoms with Crippen LogP contribution in [0.3, 0.4) is 0 Å². The Labute approximate surface area is 213 Å². The highest BCUT2D eigenvalue weighted by molar-refractivity contribution is 6.48. The molecule has 0 spiro atoms. The number of carbonyl (C=O) groups excluding carboxylic acids is 2. The van der Waals surface area contributed by atoms with E-state index in [1.165, 1.54) is 0 Å². The summed E-state index contributed by atoms with van der Waals surface area (Å²) in [4.78, 5) is 36.8. The van der Waals surface area contributed by atoms with Crippen LogP contribution in [0.4, 0.5) is 11.8 Å². The minimum Gasteiger partial charge on any atom is -0.438 e. The molecule has 1 aliphatic heterocycles. The van der Waals surface area contributed by atoms with Crippen LogP contribution in [0.1, 0.15) is 36.9 Å². The lowest BCUT2D eigenvalue weighted by atomic mass is 9.93. The van der Waals surface area contributed by atoms with E-state index in [1.54, 1.807) is 42.6 Å². The molecule has 0 unspecified atom stereocenters. The Kier molecular flexibility index (Phi) is 6.58. The maximum Gasteiger partial charge on any atom is 0.298 e. The summed E-state index contributed by atoms with van der Waals surface area (Å²) in [6.07, 6.45) is 1.65. The number of morpholine rings is 1. The topological polar surface area (TPSA) is 120 Å². The number of hydrogen-bond donors (Lipinski definition) is 1. The van der Waals surface area contributed by atoms with Crippen molar-refractivity contribution in [2.24, 2.45) is 0 Å². The predicted molar refractivity (Wildman–Crippen MR) is 137 cm³/mol. The zero-order valence-electron chi connectivity index (χ0n) is 20.9. The average molecular weight is 502 g/mol. The third-order valence-electron chi connectivity index (χ3n) is 5.95. The van der Waals surface area contributed by atoms with Crippen LogP contribution >= 0.6 is 0 Å². The summed E-state index contributed by atoms with van der Waals surface area (Å²) in [5, 5.41) is 7.65. The quantitative estimate of drug-likeness (QED) is 0.303. The Morgan fingerprint density at radius 1 is 1.03 bits per heavy atom. The fraction of sp³-hybridized carbons (Fsp3) is 0.296. The molecule has 190 valence electrons. The minimum atomic E-state index is -0.807. The number of anilines is 2. The van der Waals surface area contributed by atoms with E-state index < -0.39 is 11.7 Å². The lowest BCUT2D eigenvalue weighted by Gasteiger charge is -2.26. The van der Waals surface area contributed by atoms with E-state index in [0.29, 0.717) is 60.4 Å². The first-order valence-corrected chi connectivity index (χ1v) is 12.0. The average Bonchev–Trinajstić information content (AvgIpc) is 3.38. The number of fused-ring (bicyclic) bond motifs is 1. The number of amides is 1. The molecule has 1 aliphatic rings. The van der Waals surface area contributed by atoms with Crippen molar-refractivity contribution in [1.29, 1.82) is 0 Å². The highest BCUT2D eigenvalue weighted by Crippen LogP contribution is 2.32. The number of Topliss-reactive ketones (excluding diaryl/α,β-unsaturated/α-hetero) is 1. The molecule has 37 heavy (non-hydrogen) atoms. The van der Waals surface area contributed by atoms with E-state index in [4.69, 9.17) is 14.0 Å². The molecule has 2 aromatic heterocycles. The standard InChI is InChI=1S/C27H27N5O5/c1-27(2,3)21-16-22(31-37-21)29-25(34)24(33)19-8-9-20(18-7-5-4-6-17(18)19)36-23-10-11-28-26(30-23)32-12-14-35-15-13-32/h4-11,16H,12-15H2,1-3H3,(H,29,31,34). The van der Waals surface area contributed by atoms with Crippen LogP contribution in [0, 0.1) is 0 Å². The van der Waals surface area contributed by atoms with Crippen LogP contribution in [-0.2, 0) is 14.9 Å². The van der Waals surface area contributed by atoms with E-state index in [1.807, 2.05) is 37.8 Å². The second kappa shape index (κ2) is 9.98. The van der Waals surface area contributed by atoms with E-state index in [0.717, 1.165) is 0 Å². The second-order valence-corrected chi connectivity index (χ2v) is 9.66. The van der Waals surface area contributed by atoms with Gasteiger partial charge in [-0.3, -0.25) is 9.59 Å². The number of rotatable bonds is 6. The zero-order chi connectivity index (χ0) is 26.0. The van der Waals surface area contributed by atoms with E-state index in [2.05, 4.69) is 20.4 Å². The van der Waals surface area contributed by atoms with Crippen molar-refractivity contribution in [3.63, 3.8) is 0 Å². The molecule has 1 amide bonds. The maximum atomic E-state index is 13.1. The smallest absolute Gasteiger partial charge is 0.298 e. The Morgan fingerprint density at radius 2 is 1.78 bits per heavy atom. The molecule has 5 rings (SSSR count). The van der Waals surface area contributed by atoms with Crippen LogP contribution in [0.25, 0.3) is 10.8 Å². The molecule has 1 saturated heterocycles. The summed E-state index contributed by atoms with van der Waals surface area (Å²) in [5.41, 5.74) is -0.0322. The van der Waals surface area contributed by atoms with Gasteiger partial charge in [0.2, 0.25) is 11.8 Å². The van der Waals surface area contributed by atoms with Gasteiger partial charge in [-0.25, -0.2) is 4.98 Å². The van der Waals surface area contributed by atoms with Crippen molar-refractivity contribution < 1.29 is 23.6 Å². The third kappa shape index (κ3) is 5.29. The van der Waals surface area contributed by atoms with E-state index in [9.17, 15) is 9.59 Å². The lowest BCUT2D eigenvalue weighted by molar-refractivity contribution is -0.112. The molecule has 0 radical (unpaired) electrons. The van der Waals surface area contributed by atoms with Crippen LogP contribution in [0.2, 0.25) is 0 Å². The van der Waals surface area contributed by atoms with Gasteiger partial charge in [-0.1, -0.05) is 50.2 Å². The van der Waals surface area contributed by atoms with E-state index in [-0.39, 0.29) is 16.8 Å². The van der Waals surface area contributed by atoms with Crippen LogP contribution in [0.5, 0.6) is 11.6 Å². The highest BCUT2D eigenvalue weighted by Gasteiger charge is 2.24. The van der Waals surface area contributed by atoms with Crippen LogP contribution in [-0.4, -0.2) is 53.1 Å². The van der Waals surface area contributed by atoms with Crippen molar-refractivity contribution >= 4 is 34.2 Å². The van der Waals surface area contributed by atoms with Crippen molar-refractivity contribution in [3.05, 3.63) is 66.1 Å². The molecule has 1 N–H and O–H groups in total. The Bertz CT molecular complexity index is 1450. The number of nitrogens with zero attached hydrogens (tertiary/aromatic N) is 4. The Hall–Kier alpha value is -4.31. The molecule has 0 aliphatic carbocycles. The first-order chi connectivity index (χ1) is 17.8. The summed E-state index contributed by atoms with van der Waals surface area (Å²) in [6, 6.07) is 13.8. The van der Waals surface area contributed by atoms with Crippen molar-refractivity contribution in [3.8, 4) is 11.6 Å². The monoisotopic (exact) mass is 501 g/mol. The molecule has 4 aromatic rings. The fourth-order valence-corrected chi connectivity index (χ4v) is 3.96. The number of aromatic nitrogens is 3. The molecule has 1 fully saturated rings. The fourth-order valence-electron chi connectivity index (χ4n) is 3.96. The first-order valence-electron chi connectivity index (χ1n) is 12.0. The van der Waals surface area contributed by atoms with Gasteiger partial charge >= 0.3 is 0 Å². The van der Waals surface area contributed by atoms with Crippen molar-refractivity contribution in [2.75, 3.05) is 36.5 Å². The summed E-state index contributed by atoms with van der Waals surface area (Å²) >= 11 is 0. The van der Waals surface area contributed by atoms with Gasteiger partial charge in [0, 0.05) is 47.8 Å². The Morgan fingerprint density at radius 3 is 2.51 bits per heavy atom. The van der Waals surface area contributed by atoms with Gasteiger partial charge in [0.1, 0.15) is 11.5 Å². The highest BCUT2D eigenvalue weighted by atomic mass is 16.5. The van der Waals surface area contributed by atoms with Gasteiger partial charge in [-0.2, -0.15) is 4.98 Å². The van der Waals surface area contributed by atoms with Gasteiger partial charge in [0.25, 0.3) is 11.7 Å². The number of ketones is 1. The number of carbonyl (C=O) groups is 2. The van der Waals surface area contributed by atoms with Crippen LogP contribution < -0.4 is 15.0 Å². The van der Waals surface area contributed by atoms with E-state index >= 15 is 0 Å². The molecular formula is C27H27N5O5. The zero-order valence-corrected chi connectivity index (χ0v) is 20.9. The molecule has 2 aromatic carbocycles. The van der Waals surface area contributed by atoms with Gasteiger partial charge in [-0.05, 0) is 17.5 Å². The number of hydrogen-bond acceptors (Lipinski definition) is 9. The maximum absolute atomic E-state index is 13.1. The molecular weight excluding hydrogens is 474 g/mol. The number of benzene rings is 2. The molecule has 0 bridgehead atoms. The molecule has 3 heterocycles. The summed E-state index contributed by atoms with van der Waals surface area (Å²) < 4.78 is 16.8. The van der Waals surface area contributed by atoms with Crippen molar-refractivity contribution in [2.45, 2.75) is 26.2 Å². The molecule has 0 saturated carbocycles. The normalized spacial score (nSPS) is 14.0. The SMILES string of the molecule is CC(C)(C)c1cc(NC(=O)C(=O)c2ccc(Oc3ccnc(N4CCOCC4)n3)c3ccccc23)no1. The van der Waals surface area contributed by atoms with Gasteiger partial charge < -0.3 is 24.2 Å². The van der Waals surface area contributed by atoms with Crippen molar-refractivity contribution in [1.82, 2.24) is 15.1 Å². The van der Waals surface area contributed by atoms with Gasteiger partial charge in [0.15, 0.2) is 5.82 Å². The largest absolute Gasteiger partial charge is 0.438 e.